The Labute approximate surface area is 93.8 Å². The molecule has 0 spiro atoms. The third-order valence-corrected chi connectivity index (χ3v) is 2.88. The molecule has 0 aliphatic rings. The Hall–Kier alpha value is -0.470. The average molecular weight is 229 g/mol. The van der Waals surface area contributed by atoms with Crippen LogP contribution in [0, 0.1) is 0 Å². The van der Waals surface area contributed by atoms with Crippen LogP contribution in [0.15, 0.2) is 23.1 Å². The molecule has 0 radical (unpaired) electrons. The van der Waals surface area contributed by atoms with Crippen LogP contribution < -0.4 is 0 Å². The Morgan fingerprint density at radius 1 is 1.36 bits per heavy atom. The van der Waals surface area contributed by atoms with Gasteiger partial charge in [-0.3, -0.25) is 4.79 Å². The normalized spacial score (nSPS) is 10.2. The van der Waals surface area contributed by atoms with E-state index in [1.807, 2.05) is 18.4 Å². The zero-order valence-corrected chi connectivity index (χ0v) is 9.91. The molecule has 0 saturated carbocycles. The first kappa shape index (κ1) is 11.6. The predicted octanol–water partition coefficient (Wildman–Crippen LogP) is 3.28. The highest BCUT2D eigenvalue weighted by atomic mass is 35.5. The number of alkyl halides is 1. The number of benzene rings is 1. The molecule has 0 unspecified atom stereocenters. The van der Waals surface area contributed by atoms with Crippen molar-refractivity contribution in [1.82, 2.24) is 0 Å². The molecule has 1 rings (SSSR count). The summed E-state index contributed by atoms with van der Waals surface area (Å²) in [5.74, 6) is 0.683. The van der Waals surface area contributed by atoms with Crippen molar-refractivity contribution < 1.29 is 4.79 Å². The van der Waals surface area contributed by atoms with Crippen molar-refractivity contribution in [3.63, 3.8) is 0 Å². The molecule has 1 nitrogen and oxygen atoms in total. The Kier molecular flexibility index (Phi) is 4.49. The van der Waals surface area contributed by atoms with Crippen molar-refractivity contribution in [2.45, 2.75) is 24.1 Å². The lowest BCUT2D eigenvalue weighted by Gasteiger charge is -2.05. The van der Waals surface area contributed by atoms with Crippen molar-refractivity contribution in [3.8, 4) is 0 Å². The van der Waals surface area contributed by atoms with Gasteiger partial charge in [0, 0.05) is 17.2 Å². The number of ketones is 1. The Morgan fingerprint density at radius 2 is 2.00 bits per heavy atom. The van der Waals surface area contributed by atoms with Crippen molar-refractivity contribution in [3.05, 3.63) is 29.3 Å². The van der Waals surface area contributed by atoms with Gasteiger partial charge in [-0.05, 0) is 36.4 Å². The zero-order chi connectivity index (χ0) is 10.6. The largest absolute Gasteiger partial charge is 0.300 e. The summed E-state index contributed by atoms with van der Waals surface area (Å²) in [6.45, 7) is 1.60. The first-order chi connectivity index (χ1) is 6.65. The van der Waals surface area contributed by atoms with E-state index < -0.39 is 0 Å². The molecule has 0 fully saturated rings. The SMILES string of the molecule is CSc1cc(CCl)cc(CC(C)=O)c1. The molecule has 0 amide bonds. The smallest absolute Gasteiger partial charge is 0.134 e. The van der Waals surface area contributed by atoms with Crippen LogP contribution in [0.25, 0.3) is 0 Å². The van der Waals surface area contributed by atoms with Crippen molar-refractivity contribution in [1.29, 1.82) is 0 Å². The molecule has 76 valence electrons. The van der Waals surface area contributed by atoms with Gasteiger partial charge in [0.15, 0.2) is 0 Å². The minimum Gasteiger partial charge on any atom is -0.300 e. The number of halogens is 1. The molecule has 1 aromatic rings. The molecule has 0 N–H and O–H groups in total. The zero-order valence-electron chi connectivity index (χ0n) is 8.34. The first-order valence-corrected chi connectivity index (χ1v) is 6.14. The molecular weight excluding hydrogens is 216 g/mol. The van der Waals surface area contributed by atoms with Crippen molar-refractivity contribution in [2.75, 3.05) is 6.26 Å². The highest BCUT2D eigenvalue weighted by Gasteiger charge is 2.02. The summed E-state index contributed by atoms with van der Waals surface area (Å²) in [4.78, 5) is 12.1. The number of carbonyl (C=O) groups excluding carboxylic acids is 1. The van der Waals surface area contributed by atoms with Crippen LogP contribution in [0.4, 0.5) is 0 Å². The lowest BCUT2D eigenvalue weighted by Crippen LogP contribution is -1.97. The number of rotatable bonds is 4. The second kappa shape index (κ2) is 5.42. The van der Waals surface area contributed by atoms with E-state index >= 15 is 0 Å². The second-order valence-corrected chi connectivity index (χ2v) is 4.35. The maximum Gasteiger partial charge on any atom is 0.134 e. The number of Topliss-reactive ketones (excluding diaryl/α,β-unsaturated/α-hetero) is 1. The summed E-state index contributed by atoms with van der Waals surface area (Å²) < 4.78 is 0. The van der Waals surface area contributed by atoms with Gasteiger partial charge in [-0.2, -0.15) is 0 Å². The lowest BCUT2D eigenvalue weighted by atomic mass is 10.1. The number of thioether (sulfide) groups is 1. The van der Waals surface area contributed by atoms with E-state index in [0.717, 1.165) is 11.1 Å². The topological polar surface area (TPSA) is 17.1 Å². The lowest BCUT2D eigenvalue weighted by molar-refractivity contribution is -0.116. The third-order valence-electron chi connectivity index (χ3n) is 1.87. The van der Waals surface area contributed by atoms with E-state index in [1.165, 1.54) is 4.90 Å². The quantitative estimate of drug-likeness (QED) is 0.581. The fraction of sp³-hybridized carbons (Fsp3) is 0.364. The molecule has 0 aromatic heterocycles. The molecule has 3 heteroatoms. The summed E-state index contributed by atoms with van der Waals surface area (Å²) in [6.07, 6.45) is 2.52. The molecule has 0 bridgehead atoms. The van der Waals surface area contributed by atoms with E-state index in [-0.39, 0.29) is 5.78 Å². The summed E-state index contributed by atoms with van der Waals surface area (Å²) in [5, 5.41) is 0. The summed E-state index contributed by atoms with van der Waals surface area (Å²) in [6, 6.07) is 6.09. The van der Waals surface area contributed by atoms with Gasteiger partial charge in [0.05, 0.1) is 0 Å². The number of hydrogen-bond donors (Lipinski definition) is 0. The van der Waals surface area contributed by atoms with Gasteiger partial charge < -0.3 is 0 Å². The molecule has 0 saturated heterocycles. The highest BCUT2D eigenvalue weighted by Crippen LogP contribution is 2.20. The molecular formula is C11H13ClOS. The first-order valence-electron chi connectivity index (χ1n) is 4.38. The average Bonchev–Trinajstić information content (AvgIpc) is 2.16. The van der Waals surface area contributed by atoms with Crippen molar-refractivity contribution in [2.24, 2.45) is 0 Å². The highest BCUT2D eigenvalue weighted by molar-refractivity contribution is 7.98. The Bertz CT molecular complexity index is 314. The molecule has 14 heavy (non-hydrogen) atoms. The number of carbonyl (C=O) groups is 1. The summed E-state index contributed by atoms with van der Waals surface area (Å²) >= 11 is 7.44. The Morgan fingerprint density at radius 3 is 2.50 bits per heavy atom. The van der Waals surface area contributed by atoms with Gasteiger partial charge in [0.25, 0.3) is 0 Å². The molecule has 0 aliphatic carbocycles. The fourth-order valence-electron chi connectivity index (χ4n) is 1.31. The minimum absolute atomic E-state index is 0.184. The Balaban J connectivity index is 2.98. The van der Waals surface area contributed by atoms with Crippen LogP contribution in [0.3, 0.4) is 0 Å². The van der Waals surface area contributed by atoms with Crippen molar-refractivity contribution >= 4 is 29.1 Å². The number of hydrogen-bond acceptors (Lipinski definition) is 2. The standard InChI is InChI=1S/C11H13ClOS/c1-8(13)3-9-4-10(7-12)6-11(5-9)14-2/h4-6H,3,7H2,1-2H3. The van der Waals surface area contributed by atoms with Gasteiger partial charge in [0.1, 0.15) is 5.78 Å². The van der Waals surface area contributed by atoms with E-state index in [0.29, 0.717) is 12.3 Å². The van der Waals surface area contributed by atoms with Crippen LogP contribution in [0.2, 0.25) is 0 Å². The van der Waals surface area contributed by atoms with E-state index in [1.54, 1.807) is 18.7 Å². The van der Waals surface area contributed by atoms with Gasteiger partial charge in [-0.15, -0.1) is 23.4 Å². The molecule has 0 aliphatic heterocycles. The minimum atomic E-state index is 0.184. The fourth-order valence-corrected chi connectivity index (χ4v) is 2.01. The second-order valence-electron chi connectivity index (χ2n) is 3.20. The van der Waals surface area contributed by atoms with Crippen LogP contribution in [-0.2, 0) is 17.1 Å². The van der Waals surface area contributed by atoms with Crippen LogP contribution in [-0.4, -0.2) is 12.0 Å². The van der Waals surface area contributed by atoms with E-state index in [9.17, 15) is 4.79 Å². The van der Waals surface area contributed by atoms with Gasteiger partial charge in [-0.25, -0.2) is 0 Å². The summed E-state index contributed by atoms with van der Waals surface area (Å²) in [5.41, 5.74) is 2.13. The van der Waals surface area contributed by atoms with Crippen LogP contribution >= 0.6 is 23.4 Å². The third kappa shape index (κ3) is 3.35. The van der Waals surface area contributed by atoms with Gasteiger partial charge in [-0.1, -0.05) is 6.07 Å². The van der Waals surface area contributed by atoms with Crippen LogP contribution in [0.1, 0.15) is 18.1 Å². The monoisotopic (exact) mass is 228 g/mol. The van der Waals surface area contributed by atoms with E-state index in [4.69, 9.17) is 11.6 Å². The maximum absolute atomic E-state index is 11.0. The summed E-state index contributed by atoms with van der Waals surface area (Å²) in [7, 11) is 0. The molecule has 0 heterocycles. The molecule has 0 atom stereocenters. The van der Waals surface area contributed by atoms with Gasteiger partial charge >= 0.3 is 0 Å². The van der Waals surface area contributed by atoms with Gasteiger partial charge in [0.2, 0.25) is 0 Å². The van der Waals surface area contributed by atoms with E-state index in [2.05, 4.69) is 6.07 Å². The van der Waals surface area contributed by atoms with Crippen LogP contribution in [0.5, 0.6) is 0 Å². The maximum atomic E-state index is 11.0. The predicted molar refractivity (Wildman–Crippen MR) is 62.2 cm³/mol. The molecule has 1 aromatic carbocycles.